The lowest BCUT2D eigenvalue weighted by atomic mass is 9.66. The molecule has 4 N–H and O–H groups in total. The number of aromatic hydroxyl groups is 1. The monoisotopic (exact) mass is 568 g/mol. The molecule has 1 fully saturated rings. The third kappa shape index (κ3) is 6.07. The number of anilines is 4. The molecule has 218 valence electrons. The van der Waals surface area contributed by atoms with E-state index < -0.39 is 12.4 Å². The van der Waals surface area contributed by atoms with E-state index in [1.165, 1.54) is 12.1 Å². The zero-order valence-corrected chi connectivity index (χ0v) is 23.3. The number of ether oxygens (including phenoxy) is 1. The number of hydrogen-bond donors (Lipinski definition) is 4. The largest absolute Gasteiger partial charge is 0.573 e. The Balaban J connectivity index is 1.48. The lowest BCUT2D eigenvalue weighted by molar-refractivity contribution is -0.274. The first-order chi connectivity index (χ1) is 19.4. The summed E-state index contributed by atoms with van der Waals surface area (Å²) in [6, 6.07) is 17.6. The van der Waals surface area contributed by atoms with Crippen LogP contribution in [-0.2, 0) is 5.41 Å². The van der Waals surface area contributed by atoms with Crippen molar-refractivity contribution in [2.75, 3.05) is 28.6 Å². The number of benzene rings is 3. The van der Waals surface area contributed by atoms with Gasteiger partial charge >= 0.3 is 12.4 Å². The van der Waals surface area contributed by atoms with Crippen molar-refractivity contribution < 1.29 is 27.8 Å². The highest BCUT2D eigenvalue weighted by Crippen LogP contribution is 2.59. The zero-order valence-electron chi connectivity index (χ0n) is 23.3. The van der Waals surface area contributed by atoms with E-state index in [1.54, 1.807) is 12.1 Å². The maximum Gasteiger partial charge on any atom is 0.573 e. The number of carbonyl (C=O) groups is 1. The first-order valence-electron chi connectivity index (χ1n) is 13.7. The van der Waals surface area contributed by atoms with Crippen molar-refractivity contribution >= 4 is 28.8 Å². The summed E-state index contributed by atoms with van der Waals surface area (Å²) in [5.41, 5.74) is 3.29. The number of piperidine rings is 1. The van der Waals surface area contributed by atoms with Crippen LogP contribution in [0.25, 0.3) is 0 Å². The van der Waals surface area contributed by atoms with Crippen LogP contribution in [-0.4, -0.2) is 36.6 Å². The molecular formula is C31H35F3N4O3. The summed E-state index contributed by atoms with van der Waals surface area (Å²) in [6.07, 6.45) is -2.10. The van der Waals surface area contributed by atoms with Crippen LogP contribution in [0.3, 0.4) is 0 Å². The number of carbonyl (C=O) groups excluding carboxylic acids is 1. The normalized spacial score (nSPS) is 18.2. The van der Waals surface area contributed by atoms with Gasteiger partial charge < -0.3 is 30.7 Å². The van der Waals surface area contributed by atoms with Crippen molar-refractivity contribution in [2.45, 2.75) is 57.9 Å². The van der Waals surface area contributed by atoms with Crippen molar-refractivity contribution in [3.63, 3.8) is 0 Å². The maximum atomic E-state index is 13.1. The van der Waals surface area contributed by atoms with Gasteiger partial charge in [-0.25, -0.2) is 4.79 Å². The lowest BCUT2D eigenvalue weighted by Gasteiger charge is -2.45. The molecule has 1 atom stereocenters. The van der Waals surface area contributed by atoms with Crippen LogP contribution >= 0.6 is 0 Å². The highest BCUT2D eigenvalue weighted by molar-refractivity contribution is 6.02. The highest BCUT2D eigenvalue weighted by atomic mass is 19.4. The van der Waals surface area contributed by atoms with Gasteiger partial charge in [0.15, 0.2) is 0 Å². The molecule has 1 spiro atoms. The van der Waals surface area contributed by atoms with Gasteiger partial charge in [-0.2, -0.15) is 0 Å². The number of para-hydroxylation sites is 3. The summed E-state index contributed by atoms with van der Waals surface area (Å²) in [5.74, 6) is -0.185. The second kappa shape index (κ2) is 10.8. The summed E-state index contributed by atoms with van der Waals surface area (Å²) < 4.78 is 41.4. The molecule has 0 radical (unpaired) electrons. The number of nitrogens with zero attached hydrogens (tertiary/aromatic N) is 1. The van der Waals surface area contributed by atoms with Gasteiger partial charge in [-0.1, -0.05) is 45.0 Å². The Morgan fingerprint density at radius 3 is 2.34 bits per heavy atom. The number of alkyl halides is 3. The molecule has 1 saturated heterocycles. The molecule has 1 unspecified atom stereocenters. The molecule has 7 nitrogen and oxygen atoms in total. The summed E-state index contributed by atoms with van der Waals surface area (Å²) in [7, 11) is 0. The van der Waals surface area contributed by atoms with Crippen molar-refractivity contribution in [3.8, 4) is 11.5 Å². The van der Waals surface area contributed by atoms with E-state index in [-0.39, 0.29) is 28.4 Å². The molecule has 0 saturated carbocycles. The first-order valence-corrected chi connectivity index (χ1v) is 13.7. The Morgan fingerprint density at radius 2 is 1.68 bits per heavy atom. The number of amides is 2. The molecule has 5 rings (SSSR count). The average molecular weight is 569 g/mol. The van der Waals surface area contributed by atoms with E-state index in [1.807, 2.05) is 24.3 Å². The van der Waals surface area contributed by atoms with E-state index in [0.29, 0.717) is 11.4 Å². The Bertz CT molecular complexity index is 1400. The molecule has 0 aliphatic carbocycles. The van der Waals surface area contributed by atoms with E-state index in [0.717, 1.165) is 61.4 Å². The van der Waals surface area contributed by atoms with Crippen molar-refractivity contribution in [1.82, 2.24) is 5.32 Å². The van der Waals surface area contributed by atoms with Crippen LogP contribution in [0.4, 0.5) is 40.7 Å². The third-order valence-corrected chi connectivity index (χ3v) is 7.80. The molecule has 3 aromatic rings. The van der Waals surface area contributed by atoms with E-state index in [2.05, 4.69) is 52.4 Å². The van der Waals surface area contributed by atoms with Gasteiger partial charge in [-0.3, -0.25) is 0 Å². The fourth-order valence-electron chi connectivity index (χ4n) is 6.21. The van der Waals surface area contributed by atoms with Crippen LogP contribution in [0.15, 0.2) is 66.7 Å². The Kier molecular flexibility index (Phi) is 7.54. The Morgan fingerprint density at radius 1 is 1.00 bits per heavy atom. The van der Waals surface area contributed by atoms with Crippen LogP contribution in [0.2, 0.25) is 0 Å². The minimum atomic E-state index is -4.80. The number of phenolic OH excluding ortho intramolecular Hbond substituents is 1. The van der Waals surface area contributed by atoms with Gasteiger partial charge in [-0.05, 0) is 85.8 Å². The molecule has 2 aliphatic rings. The topological polar surface area (TPSA) is 85.9 Å². The first kappa shape index (κ1) is 28.6. The second-order valence-electron chi connectivity index (χ2n) is 11.9. The molecule has 10 heteroatoms. The Hall–Kier alpha value is -3.92. The fraction of sp³-hybridized carbons (Fsp3) is 0.387. The second-order valence-corrected chi connectivity index (χ2v) is 11.9. The summed E-state index contributed by atoms with van der Waals surface area (Å²) in [6.45, 7) is 8.39. The standard InChI is InChI=1S/C31H35F3N4O3/c1-29(2,3)19-26-30(15-17-35-18-16-30)22-7-6-10-25(39)27(22)38(26)24-9-5-4-8-23(24)37-28(40)36-20-11-13-21(14-12-20)41-31(32,33)34/h4-14,26,35,39H,15-19H2,1-3H3,(H2,36,37,40). The highest BCUT2D eigenvalue weighted by Gasteiger charge is 2.53. The van der Waals surface area contributed by atoms with Crippen LogP contribution in [0.1, 0.15) is 45.6 Å². The number of rotatable bonds is 5. The molecule has 41 heavy (non-hydrogen) atoms. The van der Waals surface area contributed by atoms with Gasteiger partial charge in [0.25, 0.3) is 0 Å². The zero-order chi connectivity index (χ0) is 29.4. The number of halogens is 3. The molecule has 2 aliphatic heterocycles. The van der Waals surface area contributed by atoms with Gasteiger partial charge in [0, 0.05) is 17.1 Å². The van der Waals surface area contributed by atoms with Crippen LogP contribution < -0.4 is 25.6 Å². The third-order valence-electron chi connectivity index (χ3n) is 7.80. The number of hydrogen-bond acceptors (Lipinski definition) is 5. The number of phenols is 1. The molecule has 2 heterocycles. The predicted molar refractivity (Wildman–Crippen MR) is 154 cm³/mol. The average Bonchev–Trinajstić information content (AvgIpc) is 3.13. The number of fused-ring (bicyclic) bond motifs is 2. The fourth-order valence-corrected chi connectivity index (χ4v) is 6.21. The van der Waals surface area contributed by atoms with Crippen molar-refractivity contribution in [2.24, 2.45) is 5.41 Å². The van der Waals surface area contributed by atoms with Gasteiger partial charge in [0.2, 0.25) is 0 Å². The molecular weight excluding hydrogens is 533 g/mol. The summed E-state index contributed by atoms with van der Waals surface area (Å²) in [4.78, 5) is 15.3. The van der Waals surface area contributed by atoms with E-state index in [9.17, 15) is 23.1 Å². The summed E-state index contributed by atoms with van der Waals surface area (Å²) in [5, 5.41) is 20.3. The van der Waals surface area contributed by atoms with Crippen molar-refractivity contribution in [1.29, 1.82) is 0 Å². The molecule has 2 amide bonds. The van der Waals surface area contributed by atoms with Crippen LogP contribution in [0, 0.1) is 5.41 Å². The number of nitrogens with one attached hydrogen (secondary N) is 3. The van der Waals surface area contributed by atoms with E-state index >= 15 is 0 Å². The predicted octanol–water partition coefficient (Wildman–Crippen LogP) is 7.51. The van der Waals surface area contributed by atoms with Crippen LogP contribution in [0.5, 0.6) is 11.5 Å². The lowest BCUT2D eigenvalue weighted by Crippen LogP contribution is -2.50. The minimum Gasteiger partial charge on any atom is -0.506 e. The number of urea groups is 1. The SMILES string of the molecule is CC(C)(C)CC1N(c2ccccc2NC(=O)Nc2ccc(OC(F)(F)F)cc2)c2c(O)cccc2C12CCNCC2. The van der Waals surface area contributed by atoms with Gasteiger partial charge in [0.1, 0.15) is 11.5 Å². The van der Waals surface area contributed by atoms with Gasteiger partial charge in [0.05, 0.1) is 17.1 Å². The Labute approximate surface area is 237 Å². The van der Waals surface area contributed by atoms with Gasteiger partial charge in [-0.15, -0.1) is 13.2 Å². The summed E-state index contributed by atoms with van der Waals surface area (Å²) >= 11 is 0. The minimum absolute atomic E-state index is 0.0137. The maximum absolute atomic E-state index is 13.1. The quantitative estimate of drug-likeness (QED) is 0.256. The van der Waals surface area contributed by atoms with Crippen molar-refractivity contribution in [3.05, 3.63) is 72.3 Å². The molecule has 0 aromatic heterocycles. The molecule has 3 aromatic carbocycles. The smallest absolute Gasteiger partial charge is 0.506 e. The molecule has 0 bridgehead atoms. The van der Waals surface area contributed by atoms with E-state index in [4.69, 9.17) is 0 Å².